The van der Waals surface area contributed by atoms with Gasteiger partial charge >= 0.3 is 0 Å². The molecule has 1 aromatic heterocycles. The van der Waals surface area contributed by atoms with Crippen molar-refractivity contribution in [2.75, 3.05) is 7.11 Å². The molecule has 0 aliphatic rings. The van der Waals surface area contributed by atoms with Gasteiger partial charge in [0.1, 0.15) is 5.75 Å². The van der Waals surface area contributed by atoms with Crippen LogP contribution in [0.5, 0.6) is 5.75 Å². The van der Waals surface area contributed by atoms with Crippen LogP contribution in [-0.2, 0) is 0 Å². The second kappa shape index (κ2) is 5.92. The normalized spacial score (nSPS) is 12.0. The van der Waals surface area contributed by atoms with E-state index in [9.17, 15) is 0 Å². The van der Waals surface area contributed by atoms with E-state index in [1.165, 1.54) is 12.3 Å². The monoisotopic (exact) mass is 269 g/mol. The van der Waals surface area contributed by atoms with Crippen LogP contribution in [0.4, 0.5) is 5.95 Å². The predicted octanol–water partition coefficient (Wildman–Crippen LogP) is 2.15. The van der Waals surface area contributed by atoms with Gasteiger partial charge < -0.3 is 10.5 Å². The van der Waals surface area contributed by atoms with E-state index in [0.29, 0.717) is 0 Å². The van der Waals surface area contributed by atoms with E-state index in [-0.39, 0.29) is 11.9 Å². The van der Waals surface area contributed by atoms with Crippen molar-refractivity contribution in [2.24, 2.45) is 15.7 Å². The summed E-state index contributed by atoms with van der Waals surface area (Å²) >= 11 is 0. The van der Waals surface area contributed by atoms with Gasteiger partial charge in [0.05, 0.1) is 18.3 Å². The summed E-state index contributed by atoms with van der Waals surface area (Å²) in [6.45, 7) is 5.39. The fourth-order valence-corrected chi connectivity index (χ4v) is 1.68. The zero-order chi connectivity index (χ0) is 14.5. The second-order valence-electron chi connectivity index (χ2n) is 3.98. The van der Waals surface area contributed by atoms with Crippen molar-refractivity contribution in [3.8, 4) is 5.75 Å². The van der Waals surface area contributed by atoms with Crippen LogP contribution in [0.3, 0.4) is 0 Å². The highest BCUT2D eigenvalue weighted by atomic mass is 16.5. The van der Waals surface area contributed by atoms with Crippen LogP contribution in [0.25, 0.3) is 10.9 Å². The molecule has 0 radical (unpaired) electrons. The first kappa shape index (κ1) is 13.7. The van der Waals surface area contributed by atoms with Gasteiger partial charge in [-0.15, -0.1) is 0 Å². The summed E-state index contributed by atoms with van der Waals surface area (Å²) < 4.78 is 5.18. The van der Waals surface area contributed by atoms with E-state index in [4.69, 9.17) is 10.5 Å². The molecular formula is C14H15N5O. The maximum atomic E-state index is 5.64. The number of aromatic nitrogens is 2. The van der Waals surface area contributed by atoms with E-state index in [0.717, 1.165) is 22.3 Å². The standard InChI is InChI=1S/C14H15N5O/c1-4-7-16-13(15)19-14-17-9(2)11-8-10(20-3)5-6-12(11)18-14/h4-8H,1H2,2-3H3,(H2,15,17,18,19)/b16-7+. The highest BCUT2D eigenvalue weighted by Gasteiger charge is 2.05. The Kier molecular flexibility index (Phi) is 4.05. The Labute approximate surface area is 116 Å². The highest BCUT2D eigenvalue weighted by Crippen LogP contribution is 2.23. The molecule has 0 saturated heterocycles. The predicted molar refractivity (Wildman–Crippen MR) is 80.8 cm³/mol. The van der Waals surface area contributed by atoms with Crippen LogP contribution < -0.4 is 10.5 Å². The fraction of sp³-hybridized carbons (Fsp3) is 0.143. The van der Waals surface area contributed by atoms with Crippen molar-refractivity contribution in [3.05, 3.63) is 36.5 Å². The number of guanidine groups is 1. The van der Waals surface area contributed by atoms with Crippen molar-refractivity contribution in [1.82, 2.24) is 9.97 Å². The third-order valence-electron chi connectivity index (χ3n) is 2.61. The third-order valence-corrected chi connectivity index (χ3v) is 2.61. The molecule has 102 valence electrons. The van der Waals surface area contributed by atoms with Gasteiger partial charge in [-0.25, -0.2) is 15.0 Å². The lowest BCUT2D eigenvalue weighted by atomic mass is 10.2. The first-order valence-corrected chi connectivity index (χ1v) is 5.95. The van der Waals surface area contributed by atoms with Crippen LogP contribution in [0.1, 0.15) is 5.69 Å². The van der Waals surface area contributed by atoms with Gasteiger partial charge in [0.15, 0.2) is 0 Å². The largest absolute Gasteiger partial charge is 0.497 e. The molecule has 0 atom stereocenters. The number of hydrogen-bond donors (Lipinski definition) is 1. The molecule has 2 N–H and O–H groups in total. The molecule has 0 bridgehead atoms. The Morgan fingerprint density at radius 3 is 2.90 bits per heavy atom. The molecule has 0 aliphatic heterocycles. The summed E-state index contributed by atoms with van der Waals surface area (Å²) in [6.07, 6.45) is 2.97. The minimum atomic E-state index is 0.0807. The maximum absolute atomic E-state index is 5.64. The molecule has 1 heterocycles. The van der Waals surface area contributed by atoms with Gasteiger partial charge in [0.2, 0.25) is 5.96 Å². The topological polar surface area (TPSA) is 85.8 Å². The van der Waals surface area contributed by atoms with Crippen LogP contribution >= 0.6 is 0 Å². The molecule has 2 rings (SSSR count). The molecular weight excluding hydrogens is 254 g/mol. The number of allylic oxidation sites excluding steroid dienone is 1. The van der Waals surface area contributed by atoms with Gasteiger partial charge in [-0.3, -0.25) is 0 Å². The molecule has 2 aromatic rings. The van der Waals surface area contributed by atoms with Crippen LogP contribution in [0.2, 0.25) is 0 Å². The zero-order valence-electron chi connectivity index (χ0n) is 11.4. The van der Waals surface area contributed by atoms with Crippen molar-refractivity contribution in [2.45, 2.75) is 6.92 Å². The van der Waals surface area contributed by atoms with E-state index in [2.05, 4.69) is 26.5 Å². The van der Waals surface area contributed by atoms with E-state index >= 15 is 0 Å². The van der Waals surface area contributed by atoms with Gasteiger partial charge in [0.25, 0.3) is 5.95 Å². The molecule has 1 aromatic carbocycles. The van der Waals surface area contributed by atoms with Gasteiger partial charge in [0, 0.05) is 11.6 Å². The molecule has 0 saturated carbocycles. The van der Waals surface area contributed by atoms with Crippen molar-refractivity contribution < 1.29 is 4.74 Å². The third kappa shape index (κ3) is 2.97. The smallest absolute Gasteiger partial charge is 0.253 e. The highest BCUT2D eigenvalue weighted by molar-refractivity contribution is 5.91. The Balaban J connectivity index is 2.48. The molecule has 0 aliphatic carbocycles. The number of benzene rings is 1. The number of hydrogen-bond acceptors (Lipinski definition) is 4. The van der Waals surface area contributed by atoms with Crippen LogP contribution in [0, 0.1) is 6.92 Å². The SMILES string of the molecule is C=C/C=N/C(N)=N\c1nc(C)c2cc(OC)ccc2n1. The lowest BCUT2D eigenvalue weighted by Gasteiger charge is -2.05. The summed E-state index contributed by atoms with van der Waals surface area (Å²) in [6, 6.07) is 5.57. The Morgan fingerprint density at radius 2 is 2.20 bits per heavy atom. The average molecular weight is 269 g/mol. The number of aliphatic imine (C=N–C) groups is 2. The van der Waals surface area contributed by atoms with E-state index in [1.54, 1.807) is 7.11 Å². The minimum absolute atomic E-state index is 0.0807. The molecule has 6 heteroatoms. The first-order chi connectivity index (χ1) is 9.63. The molecule has 0 fully saturated rings. The van der Waals surface area contributed by atoms with Crippen molar-refractivity contribution in [3.63, 3.8) is 0 Å². The lowest BCUT2D eigenvalue weighted by Crippen LogP contribution is -2.08. The summed E-state index contributed by atoms with van der Waals surface area (Å²) in [5, 5.41) is 0.913. The van der Waals surface area contributed by atoms with Crippen molar-refractivity contribution in [1.29, 1.82) is 0 Å². The lowest BCUT2D eigenvalue weighted by molar-refractivity contribution is 0.415. The number of aryl methyl sites for hydroxylation is 1. The number of nitrogens with zero attached hydrogens (tertiary/aromatic N) is 4. The van der Waals surface area contributed by atoms with Gasteiger partial charge in [-0.2, -0.15) is 4.99 Å². The average Bonchev–Trinajstić information content (AvgIpc) is 2.45. The quantitative estimate of drug-likeness (QED) is 0.683. The summed E-state index contributed by atoms with van der Waals surface area (Å²) in [4.78, 5) is 16.5. The van der Waals surface area contributed by atoms with Gasteiger partial charge in [-0.05, 0) is 25.1 Å². The maximum Gasteiger partial charge on any atom is 0.253 e. The summed E-state index contributed by atoms with van der Waals surface area (Å²) in [5.41, 5.74) is 7.21. The number of rotatable bonds is 3. The number of ether oxygens (including phenoxy) is 1. The van der Waals surface area contributed by atoms with Crippen molar-refractivity contribution >= 4 is 29.0 Å². The second-order valence-corrected chi connectivity index (χ2v) is 3.98. The Bertz CT molecular complexity index is 706. The number of nitrogens with two attached hydrogens (primary N) is 1. The number of fused-ring (bicyclic) bond motifs is 1. The van der Waals surface area contributed by atoms with Crippen LogP contribution in [0.15, 0.2) is 40.8 Å². The minimum Gasteiger partial charge on any atom is -0.497 e. The van der Waals surface area contributed by atoms with E-state index < -0.39 is 0 Å². The molecule has 20 heavy (non-hydrogen) atoms. The summed E-state index contributed by atoms with van der Waals surface area (Å²) in [5.74, 6) is 1.12. The molecule has 6 nitrogen and oxygen atoms in total. The molecule has 0 amide bonds. The van der Waals surface area contributed by atoms with Crippen LogP contribution in [-0.4, -0.2) is 29.3 Å². The Morgan fingerprint density at radius 1 is 1.40 bits per heavy atom. The summed E-state index contributed by atoms with van der Waals surface area (Å²) in [7, 11) is 1.62. The zero-order valence-corrected chi connectivity index (χ0v) is 11.4. The van der Waals surface area contributed by atoms with Gasteiger partial charge in [-0.1, -0.05) is 12.7 Å². The van der Waals surface area contributed by atoms with E-state index in [1.807, 2.05) is 25.1 Å². The molecule has 0 unspecified atom stereocenters. The Hall–Kier alpha value is -2.76. The number of methoxy groups -OCH3 is 1. The fourth-order valence-electron chi connectivity index (χ4n) is 1.68. The molecule has 0 spiro atoms. The first-order valence-electron chi connectivity index (χ1n) is 5.95.